The maximum absolute atomic E-state index is 11.6. The molecule has 0 fully saturated rings. The lowest BCUT2D eigenvalue weighted by atomic mass is 10.3. The summed E-state index contributed by atoms with van der Waals surface area (Å²) in [5.74, 6) is -0.574. The molecule has 7 nitrogen and oxygen atoms in total. The first-order chi connectivity index (χ1) is 8.02. The van der Waals surface area contributed by atoms with Crippen molar-refractivity contribution in [1.29, 1.82) is 0 Å². The van der Waals surface area contributed by atoms with Crippen LogP contribution in [0.1, 0.15) is 17.4 Å². The molecular formula is C9H14N4O3S. The first kappa shape index (κ1) is 13.5. The molecule has 0 bridgehead atoms. The number of aliphatic carboxylic acids is 1. The molecule has 17 heavy (non-hydrogen) atoms. The lowest BCUT2D eigenvalue weighted by Crippen LogP contribution is -2.34. The van der Waals surface area contributed by atoms with E-state index in [1.54, 1.807) is 11.8 Å². The van der Waals surface area contributed by atoms with Crippen molar-refractivity contribution < 1.29 is 14.7 Å². The van der Waals surface area contributed by atoms with Gasteiger partial charge in [0, 0.05) is 11.8 Å². The van der Waals surface area contributed by atoms with Crippen LogP contribution >= 0.6 is 11.8 Å². The second kappa shape index (κ2) is 6.24. The average Bonchev–Trinajstić information content (AvgIpc) is 2.65. The molecule has 8 heteroatoms. The van der Waals surface area contributed by atoms with Crippen LogP contribution in [0.5, 0.6) is 0 Å². The van der Waals surface area contributed by atoms with Gasteiger partial charge in [0.05, 0.1) is 6.20 Å². The fourth-order valence-electron chi connectivity index (χ4n) is 1.21. The third-order valence-corrected chi connectivity index (χ3v) is 2.70. The summed E-state index contributed by atoms with van der Waals surface area (Å²) in [5, 5.41) is 18.4. The first-order valence-electron chi connectivity index (χ1n) is 4.94. The Morgan fingerprint density at radius 3 is 2.94 bits per heavy atom. The Kier molecular flexibility index (Phi) is 4.95. The third-order valence-electron chi connectivity index (χ3n) is 1.86. The second-order valence-corrected chi connectivity index (χ2v) is 4.44. The molecule has 0 aliphatic rings. The number of carboxylic acids is 1. The minimum Gasteiger partial charge on any atom is -0.480 e. The fraction of sp³-hybridized carbons (Fsp3) is 0.556. The van der Waals surface area contributed by atoms with Crippen LogP contribution in [-0.4, -0.2) is 50.0 Å². The summed E-state index contributed by atoms with van der Waals surface area (Å²) in [7, 11) is 0. The summed E-state index contributed by atoms with van der Waals surface area (Å²) < 4.78 is 1.11. The van der Waals surface area contributed by atoms with E-state index < -0.39 is 5.97 Å². The van der Waals surface area contributed by atoms with E-state index in [9.17, 15) is 9.59 Å². The summed E-state index contributed by atoms with van der Waals surface area (Å²) in [4.78, 5) is 22.1. The largest absolute Gasteiger partial charge is 0.480 e. The van der Waals surface area contributed by atoms with Crippen LogP contribution in [0.15, 0.2) is 6.20 Å². The lowest BCUT2D eigenvalue weighted by molar-refractivity contribution is -0.137. The molecule has 0 spiro atoms. The number of aromatic nitrogens is 3. The molecule has 1 aromatic rings. The van der Waals surface area contributed by atoms with Crippen molar-refractivity contribution in [2.45, 2.75) is 19.5 Å². The van der Waals surface area contributed by atoms with Crippen molar-refractivity contribution in [3.63, 3.8) is 0 Å². The van der Waals surface area contributed by atoms with Crippen molar-refractivity contribution in [2.75, 3.05) is 12.0 Å². The molecule has 0 saturated carbocycles. The summed E-state index contributed by atoms with van der Waals surface area (Å²) in [6, 6.07) is 0.0297. The zero-order valence-corrected chi connectivity index (χ0v) is 10.4. The normalized spacial score (nSPS) is 12.1. The third kappa shape index (κ3) is 4.43. The predicted molar refractivity (Wildman–Crippen MR) is 63.0 cm³/mol. The number of carboxylic acid groups (broad SMARTS) is 1. The monoisotopic (exact) mass is 258 g/mol. The topological polar surface area (TPSA) is 97.1 Å². The molecule has 1 atom stereocenters. The van der Waals surface area contributed by atoms with Crippen molar-refractivity contribution in [1.82, 2.24) is 20.3 Å². The summed E-state index contributed by atoms with van der Waals surface area (Å²) in [6.45, 7) is 1.58. The Bertz CT molecular complexity index is 407. The van der Waals surface area contributed by atoms with Crippen molar-refractivity contribution >= 4 is 23.6 Å². The van der Waals surface area contributed by atoms with Gasteiger partial charge in [-0.3, -0.25) is 9.59 Å². The molecule has 1 heterocycles. The summed E-state index contributed by atoms with van der Waals surface area (Å²) in [6.07, 6.45) is 3.26. The predicted octanol–water partition coefficient (Wildman–Crippen LogP) is -0.156. The van der Waals surface area contributed by atoms with E-state index in [0.29, 0.717) is 0 Å². The van der Waals surface area contributed by atoms with Gasteiger partial charge in [-0.05, 0) is 13.2 Å². The number of nitrogens with one attached hydrogen (secondary N) is 1. The van der Waals surface area contributed by atoms with E-state index >= 15 is 0 Å². The number of rotatable bonds is 6. The van der Waals surface area contributed by atoms with Crippen LogP contribution in [0.25, 0.3) is 0 Å². The highest BCUT2D eigenvalue weighted by Crippen LogP contribution is 1.99. The lowest BCUT2D eigenvalue weighted by Gasteiger charge is -2.10. The molecule has 1 amide bonds. The Morgan fingerprint density at radius 2 is 2.35 bits per heavy atom. The van der Waals surface area contributed by atoms with Crippen molar-refractivity contribution in [2.24, 2.45) is 0 Å². The molecule has 0 radical (unpaired) electrons. The van der Waals surface area contributed by atoms with E-state index in [1.807, 2.05) is 13.2 Å². The molecular weight excluding hydrogens is 244 g/mol. The van der Waals surface area contributed by atoms with Crippen LogP contribution in [0.2, 0.25) is 0 Å². The Balaban J connectivity index is 2.57. The highest BCUT2D eigenvalue weighted by atomic mass is 32.2. The van der Waals surface area contributed by atoms with Gasteiger partial charge >= 0.3 is 5.97 Å². The average molecular weight is 258 g/mol. The number of amides is 1. The van der Waals surface area contributed by atoms with E-state index in [1.165, 1.54) is 6.20 Å². The van der Waals surface area contributed by atoms with Crippen molar-refractivity contribution in [3.8, 4) is 0 Å². The molecule has 94 valence electrons. The van der Waals surface area contributed by atoms with E-state index in [-0.39, 0.29) is 24.2 Å². The summed E-state index contributed by atoms with van der Waals surface area (Å²) in [5.41, 5.74) is 0.124. The molecule has 0 aromatic carbocycles. The molecule has 1 unspecified atom stereocenters. The quantitative estimate of drug-likeness (QED) is 0.736. The molecule has 2 N–H and O–H groups in total. The number of hydrogen-bond acceptors (Lipinski definition) is 5. The fourth-order valence-corrected chi connectivity index (χ4v) is 1.79. The number of thioether (sulfide) groups is 1. The van der Waals surface area contributed by atoms with Crippen molar-refractivity contribution in [3.05, 3.63) is 11.9 Å². The number of carbonyl (C=O) groups is 2. The minimum absolute atomic E-state index is 0.0297. The van der Waals surface area contributed by atoms with Crippen LogP contribution in [-0.2, 0) is 11.3 Å². The highest BCUT2D eigenvalue weighted by molar-refractivity contribution is 7.98. The molecule has 0 saturated heterocycles. The Hall–Kier alpha value is -1.57. The SMILES string of the molecule is CSCC(C)NC(=O)c1cn(CC(=O)O)nn1. The molecule has 1 rings (SSSR count). The zero-order chi connectivity index (χ0) is 12.8. The Labute approximate surface area is 103 Å². The van der Waals surface area contributed by atoms with Gasteiger partial charge in [0.2, 0.25) is 0 Å². The van der Waals surface area contributed by atoms with E-state index in [0.717, 1.165) is 10.4 Å². The van der Waals surface area contributed by atoms with Gasteiger partial charge < -0.3 is 10.4 Å². The van der Waals surface area contributed by atoms with Gasteiger partial charge in [0.1, 0.15) is 6.54 Å². The standard InChI is InChI=1S/C9H14N4O3S/c1-6(5-17-2)10-9(16)7-3-13(12-11-7)4-8(14)15/h3,6H,4-5H2,1-2H3,(H,10,16)(H,14,15). The summed E-state index contributed by atoms with van der Waals surface area (Å²) >= 11 is 1.63. The van der Waals surface area contributed by atoms with Gasteiger partial charge in [-0.25, -0.2) is 4.68 Å². The number of hydrogen-bond donors (Lipinski definition) is 2. The molecule has 0 aliphatic heterocycles. The Morgan fingerprint density at radius 1 is 1.65 bits per heavy atom. The van der Waals surface area contributed by atoms with Gasteiger partial charge in [-0.1, -0.05) is 5.21 Å². The van der Waals surface area contributed by atoms with E-state index in [2.05, 4.69) is 15.6 Å². The van der Waals surface area contributed by atoms with Gasteiger partial charge in [-0.2, -0.15) is 11.8 Å². The smallest absolute Gasteiger partial charge is 0.325 e. The second-order valence-electron chi connectivity index (χ2n) is 3.52. The van der Waals surface area contributed by atoms with Crippen LogP contribution in [0.3, 0.4) is 0 Å². The van der Waals surface area contributed by atoms with Crippen LogP contribution in [0.4, 0.5) is 0 Å². The molecule has 1 aromatic heterocycles. The van der Waals surface area contributed by atoms with E-state index in [4.69, 9.17) is 5.11 Å². The minimum atomic E-state index is -1.03. The van der Waals surface area contributed by atoms with Crippen LogP contribution < -0.4 is 5.32 Å². The molecule has 0 aliphatic carbocycles. The number of carbonyl (C=O) groups excluding carboxylic acids is 1. The zero-order valence-electron chi connectivity index (χ0n) is 9.58. The highest BCUT2D eigenvalue weighted by Gasteiger charge is 2.13. The van der Waals surface area contributed by atoms with Gasteiger partial charge in [0.25, 0.3) is 5.91 Å². The first-order valence-corrected chi connectivity index (χ1v) is 6.34. The van der Waals surface area contributed by atoms with Gasteiger partial charge in [-0.15, -0.1) is 5.10 Å². The maximum atomic E-state index is 11.6. The number of nitrogens with zero attached hydrogens (tertiary/aromatic N) is 3. The van der Waals surface area contributed by atoms with Gasteiger partial charge in [0.15, 0.2) is 5.69 Å². The maximum Gasteiger partial charge on any atom is 0.325 e. The van der Waals surface area contributed by atoms with Crippen LogP contribution in [0, 0.1) is 0 Å².